The fraction of sp³-hybridized carbons (Fsp3) is 0.500. The predicted molar refractivity (Wildman–Crippen MR) is 72.6 cm³/mol. The molecule has 0 saturated carbocycles. The van der Waals surface area contributed by atoms with E-state index in [0.29, 0.717) is 5.84 Å². The molecule has 4 nitrogen and oxygen atoms in total. The molecular weight excluding hydrogens is 226 g/mol. The standard InChI is InChI=1S/C14H21N3O/c1-11-5-7-12(8-6-11)10-17-9-3-2-4-13(17)14(15)16-18/h5-8,13,18H,2-4,9-10H2,1H3,(H2,15,16). The number of piperidine rings is 1. The van der Waals surface area contributed by atoms with Gasteiger partial charge in [0, 0.05) is 6.54 Å². The molecule has 4 heteroatoms. The van der Waals surface area contributed by atoms with Gasteiger partial charge in [-0.1, -0.05) is 41.4 Å². The second-order valence-electron chi connectivity index (χ2n) is 4.99. The molecule has 1 aliphatic rings. The van der Waals surface area contributed by atoms with Gasteiger partial charge in [0.1, 0.15) is 0 Å². The summed E-state index contributed by atoms with van der Waals surface area (Å²) in [4.78, 5) is 2.29. The lowest BCUT2D eigenvalue weighted by Gasteiger charge is -2.34. The molecule has 0 aliphatic carbocycles. The first-order valence-corrected chi connectivity index (χ1v) is 6.47. The second-order valence-corrected chi connectivity index (χ2v) is 4.99. The van der Waals surface area contributed by atoms with Crippen LogP contribution in [0.4, 0.5) is 0 Å². The Hall–Kier alpha value is -1.55. The molecule has 0 radical (unpaired) electrons. The van der Waals surface area contributed by atoms with Crippen LogP contribution in [0, 0.1) is 6.92 Å². The Bertz CT molecular complexity index is 414. The van der Waals surface area contributed by atoms with E-state index in [9.17, 15) is 0 Å². The summed E-state index contributed by atoms with van der Waals surface area (Å²) in [6, 6.07) is 8.61. The maximum Gasteiger partial charge on any atom is 0.156 e. The van der Waals surface area contributed by atoms with Gasteiger partial charge in [0.25, 0.3) is 0 Å². The predicted octanol–water partition coefficient (Wildman–Crippen LogP) is 2.10. The molecule has 18 heavy (non-hydrogen) atoms. The molecule has 1 aromatic carbocycles. The zero-order chi connectivity index (χ0) is 13.0. The molecule has 1 unspecified atom stereocenters. The first kappa shape index (κ1) is 12.9. The van der Waals surface area contributed by atoms with Crippen molar-refractivity contribution in [3.8, 4) is 0 Å². The first-order chi connectivity index (χ1) is 8.70. The molecular formula is C14H21N3O. The van der Waals surface area contributed by atoms with E-state index < -0.39 is 0 Å². The van der Waals surface area contributed by atoms with Crippen molar-refractivity contribution in [2.45, 2.75) is 38.8 Å². The molecule has 3 N–H and O–H groups in total. The van der Waals surface area contributed by atoms with Gasteiger partial charge in [-0.05, 0) is 31.9 Å². The summed E-state index contributed by atoms with van der Waals surface area (Å²) < 4.78 is 0. The van der Waals surface area contributed by atoms with Gasteiger partial charge >= 0.3 is 0 Å². The van der Waals surface area contributed by atoms with E-state index in [-0.39, 0.29) is 6.04 Å². The molecule has 1 aromatic rings. The number of benzene rings is 1. The highest BCUT2D eigenvalue weighted by molar-refractivity contribution is 5.85. The molecule has 0 amide bonds. The van der Waals surface area contributed by atoms with Crippen LogP contribution in [-0.2, 0) is 6.54 Å². The van der Waals surface area contributed by atoms with Crippen LogP contribution in [0.15, 0.2) is 29.4 Å². The minimum absolute atomic E-state index is 0.0741. The van der Waals surface area contributed by atoms with E-state index in [1.807, 2.05) is 0 Å². The van der Waals surface area contributed by atoms with Gasteiger partial charge in [-0.25, -0.2) is 0 Å². The van der Waals surface area contributed by atoms with Crippen LogP contribution in [0.2, 0.25) is 0 Å². The number of amidine groups is 1. The summed E-state index contributed by atoms with van der Waals surface area (Å²) in [7, 11) is 0. The summed E-state index contributed by atoms with van der Waals surface area (Å²) in [5.74, 6) is 0.335. The highest BCUT2D eigenvalue weighted by Crippen LogP contribution is 2.20. The van der Waals surface area contributed by atoms with Crippen LogP contribution < -0.4 is 5.73 Å². The van der Waals surface area contributed by atoms with Gasteiger partial charge in [-0.2, -0.15) is 0 Å². The summed E-state index contributed by atoms with van der Waals surface area (Å²) in [5, 5.41) is 12.0. The lowest BCUT2D eigenvalue weighted by Crippen LogP contribution is -2.47. The maximum absolute atomic E-state index is 8.84. The zero-order valence-corrected chi connectivity index (χ0v) is 10.8. The van der Waals surface area contributed by atoms with E-state index in [1.165, 1.54) is 17.5 Å². The molecule has 2 rings (SSSR count). The van der Waals surface area contributed by atoms with Crippen molar-refractivity contribution >= 4 is 5.84 Å². The molecule has 1 heterocycles. The van der Waals surface area contributed by atoms with Crippen molar-refractivity contribution in [2.24, 2.45) is 10.9 Å². The quantitative estimate of drug-likeness (QED) is 0.372. The molecule has 1 fully saturated rings. The molecule has 0 spiro atoms. The molecule has 1 saturated heterocycles. The van der Waals surface area contributed by atoms with Gasteiger partial charge in [0.2, 0.25) is 0 Å². The zero-order valence-electron chi connectivity index (χ0n) is 10.8. The third-order valence-electron chi connectivity index (χ3n) is 3.58. The number of oxime groups is 1. The topological polar surface area (TPSA) is 61.8 Å². The fourth-order valence-electron chi connectivity index (χ4n) is 2.51. The van der Waals surface area contributed by atoms with Crippen LogP contribution in [0.25, 0.3) is 0 Å². The minimum atomic E-state index is 0.0741. The number of hydrogen-bond acceptors (Lipinski definition) is 3. The van der Waals surface area contributed by atoms with Crippen molar-refractivity contribution in [1.29, 1.82) is 0 Å². The van der Waals surface area contributed by atoms with Crippen molar-refractivity contribution in [3.05, 3.63) is 35.4 Å². The molecule has 0 bridgehead atoms. The lowest BCUT2D eigenvalue weighted by molar-refractivity contribution is 0.178. The summed E-state index contributed by atoms with van der Waals surface area (Å²) in [6.45, 7) is 3.96. The Labute approximate surface area is 108 Å². The summed E-state index contributed by atoms with van der Waals surface area (Å²) >= 11 is 0. The van der Waals surface area contributed by atoms with Crippen molar-refractivity contribution in [1.82, 2.24) is 4.90 Å². The Morgan fingerprint density at radius 2 is 2.11 bits per heavy atom. The average molecular weight is 247 g/mol. The van der Waals surface area contributed by atoms with Crippen LogP contribution in [0.3, 0.4) is 0 Å². The van der Waals surface area contributed by atoms with Gasteiger partial charge in [-0.3, -0.25) is 4.90 Å². The third-order valence-corrected chi connectivity index (χ3v) is 3.58. The van der Waals surface area contributed by atoms with Crippen LogP contribution in [0.1, 0.15) is 30.4 Å². The average Bonchev–Trinajstić information content (AvgIpc) is 2.41. The van der Waals surface area contributed by atoms with Crippen LogP contribution in [-0.4, -0.2) is 28.5 Å². The van der Waals surface area contributed by atoms with Gasteiger partial charge < -0.3 is 10.9 Å². The van der Waals surface area contributed by atoms with Crippen molar-refractivity contribution in [3.63, 3.8) is 0 Å². The van der Waals surface area contributed by atoms with Gasteiger partial charge in [0.15, 0.2) is 5.84 Å². The molecule has 1 aliphatic heterocycles. The number of nitrogens with two attached hydrogens (primary N) is 1. The van der Waals surface area contributed by atoms with E-state index >= 15 is 0 Å². The Morgan fingerprint density at radius 3 is 2.78 bits per heavy atom. The number of aryl methyl sites for hydroxylation is 1. The Balaban J connectivity index is 2.07. The number of nitrogens with zero attached hydrogens (tertiary/aromatic N) is 2. The van der Waals surface area contributed by atoms with Crippen LogP contribution in [0.5, 0.6) is 0 Å². The minimum Gasteiger partial charge on any atom is -0.409 e. The largest absolute Gasteiger partial charge is 0.409 e. The van der Waals surface area contributed by atoms with E-state index in [4.69, 9.17) is 10.9 Å². The van der Waals surface area contributed by atoms with Gasteiger partial charge in [-0.15, -0.1) is 0 Å². The number of hydrogen-bond donors (Lipinski definition) is 2. The first-order valence-electron chi connectivity index (χ1n) is 6.47. The number of likely N-dealkylation sites (tertiary alicyclic amines) is 1. The van der Waals surface area contributed by atoms with Gasteiger partial charge in [0.05, 0.1) is 6.04 Å². The van der Waals surface area contributed by atoms with E-state index in [1.54, 1.807) is 0 Å². The lowest BCUT2D eigenvalue weighted by atomic mass is 10.00. The highest BCUT2D eigenvalue weighted by Gasteiger charge is 2.25. The Morgan fingerprint density at radius 1 is 1.39 bits per heavy atom. The third kappa shape index (κ3) is 3.01. The SMILES string of the molecule is Cc1ccc(CN2CCCCC2C(N)=NO)cc1. The van der Waals surface area contributed by atoms with Crippen LogP contribution >= 0.6 is 0 Å². The number of rotatable bonds is 3. The van der Waals surface area contributed by atoms with E-state index in [0.717, 1.165) is 25.9 Å². The molecule has 1 atom stereocenters. The Kier molecular flexibility index (Phi) is 4.20. The summed E-state index contributed by atoms with van der Waals surface area (Å²) in [6.07, 6.45) is 3.30. The highest BCUT2D eigenvalue weighted by atomic mass is 16.4. The molecule has 0 aromatic heterocycles. The fourth-order valence-corrected chi connectivity index (χ4v) is 2.51. The molecule has 98 valence electrons. The monoisotopic (exact) mass is 247 g/mol. The normalized spacial score (nSPS) is 22.1. The van der Waals surface area contributed by atoms with Crippen molar-refractivity contribution < 1.29 is 5.21 Å². The smallest absolute Gasteiger partial charge is 0.156 e. The summed E-state index contributed by atoms with van der Waals surface area (Å²) in [5.41, 5.74) is 8.32. The van der Waals surface area contributed by atoms with E-state index in [2.05, 4.69) is 41.2 Å². The second kappa shape index (κ2) is 5.87. The maximum atomic E-state index is 8.84. The van der Waals surface area contributed by atoms with Crippen molar-refractivity contribution in [2.75, 3.05) is 6.54 Å².